The Morgan fingerprint density at radius 3 is 2.68 bits per heavy atom. The number of aryl methyl sites for hydroxylation is 1. The minimum Gasteiger partial charge on any atom is -0.388 e. The van der Waals surface area contributed by atoms with Crippen LogP contribution in [0.2, 0.25) is 0 Å². The van der Waals surface area contributed by atoms with E-state index < -0.39 is 0 Å². The summed E-state index contributed by atoms with van der Waals surface area (Å²) in [4.78, 5) is 4.51. The summed E-state index contributed by atoms with van der Waals surface area (Å²) < 4.78 is 0. The lowest BCUT2D eigenvalue weighted by Gasteiger charge is -2.20. The zero-order valence-electron chi connectivity index (χ0n) is 11.2. The summed E-state index contributed by atoms with van der Waals surface area (Å²) in [5, 5.41) is 11.7. The highest BCUT2D eigenvalue weighted by molar-refractivity contribution is 5.79. The van der Waals surface area contributed by atoms with Gasteiger partial charge in [-0.05, 0) is 67.7 Å². The fourth-order valence-electron chi connectivity index (χ4n) is 3.72. The Morgan fingerprint density at radius 1 is 1.11 bits per heavy atom. The second kappa shape index (κ2) is 4.04. The highest BCUT2D eigenvalue weighted by Crippen LogP contribution is 2.57. The Labute approximate surface area is 113 Å². The van der Waals surface area contributed by atoms with E-state index >= 15 is 0 Å². The minimum absolute atomic E-state index is 0.293. The maximum absolute atomic E-state index is 10.6. The summed E-state index contributed by atoms with van der Waals surface area (Å²) in [5.41, 5.74) is 3.12. The van der Waals surface area contributed by atoms with Gasteiger partial charge in [-0.1, -0.05) is 12.1 Å². The van der Waals surface area contributed by atoms with Crippen molar-refractivity contribution in [2.75, 3.05) is 0 Å². The van der Waals surface area contributed by atoms with E-state index in [1.54, 1.807) is 0 Å². The maximum Gasteiger partial charge on any atom is 0.0818 e. The fraction of sp³-hybridized carbons (Fsp3) is 0.471. The molecule has 2 aliphatic rings. The van der Waals surface area contributed by atoms with Crippen LogP contribution in [0.15, 0.2) is 30.3 Å². The number of aliphatic hydroxyl groups excluding tert-OH is 1. The van der Waals surface area contributed by atoms with Crippen molar-refractivity contribution in [2.45, 2.75) is 32.3 Å². The smallest absolute Gasteiger partial charge is 0.0818 e. The molecule has 0 aliphatic heterocycles. The number of pyridine rings is 1. The molecule has 2 aliphatic carbocycles. The van der Waals surface area contributed by atoms with Crippen LogP contribution in [-0.2, 0) is 0 Å². The van der Waals surface area contributed by atoms with Crippen molar-refractivity contribution in [3.05, 3.63) is 41.6 Å². The Bertz CT molecular complexity index is 626. The molecule has 4 rings (SSSR count). The van der Waals surface area contributed by atoms with Gasteiger partial charge in [0.05, 0.1) is 11.6 Å². The molecule has 2 saturated carbocycles. The van der Waals surface area contributed by atoms with Gasteiger partial charge >= 0.3 is 0 Å². The molecule has 2 nitrogen and oxygen atoms in total. The van der Waals surface area contributed by atoms with Crippen LogP contribution in [0, 0.1) is 24.7 Å². The Morgan fingerprint density at radius 2 is 1.89 bits per heavy atom. The Kier molecular flexibility index (Phi) is 2.43. The molecule has 3 unspecified atom stereocenters. The van der Waals surface area contributed by atoms with Gasteiger partial charge in [0.1, 0.15) is 0 Å². The predicted molar refractivity (Wildman–Crippen MR) is 75.8 cm³/mol. The largest absolute Gasteiger partial charge is 0.388 e. The molecule has 1 N–H and O–H groups in total. The summed E-state index contributed by atoms with van der Waals surface area (Å²) in [7, 11) is 0. The molecule has 3 atom stereocenters. The van der Waals surface area contributed by atoms with Crippen LogP contribution < -0.4 is 0 Å². The van der Waals surface area contributed by atoms with Gasteiger partial charge in [0, 0.05) is 11.1 Å². The van der Waals surface area contributed by atoms with Gasteiger partial charge in [-0.25, -0.2) is 0 Å². The third-order valence-electron chi connectivity index (χ3n) is 4.92. The monoisotopic (exact) mass is 253 g/mol. The summed E-state index contributed by atoms with van der Waals surface area (Å²) in [6, 6.07) is 10.3. The van der Waals surface area contributed by atoms with Crippen molar-refractivity contribution < 1.29 is 5.11 Å². The van der Waals surface area contributed by atoms with E-state index in [9.17, 15) is 5.11 Å². The van der Waals surface area contributed by atoms with Crippen molar-refractivity contribution >= 4 is 10.9 Å². The molecule has 1 heterocycles. The third-order valence-corrected chi connectivity index (χ3v) is 4.92. The first-order valence-corrected chi connectivity index (χ1v) is 7.26. The zero-order chi connectivity index (χ0) is 13.0. The second-order valence-corrected chi connectivity index (χ2v) is 6.34. The van der Waals surface area contributed by atoms with Gasteiger partial charge in [0.25, 0.3) is 0 Å². The summed E-state index contributed by atoms with van der Waals surface area (Å²) >= 11 is 0. The Hall–Kier alpha value is -1.41. The van der Waals surface area contributed by atoms with Gasteiger partial charge in [-0.3, -0.25) is 4.98 Å². The summed E-state index contributed by atoms with van der Waals surface area (Å²) in [6.07, 6.45) is 3.55. The molecule has 0 amide bonds. The van der Waals surface area contributed by atoms with E-state index in [4.69, 9.17) is 0 Å². The highest BCUT2D eigenvalue weighted by atomic mass is 16.3. The number of rotatable bonds is 2. The van der Waals surface area contributed by atoms with Crippen molar-refractivity contribution in [2.24, 2.45) is 17.8 Å². The molecule has 1 aromatic heterocycles. The van der Waals surface area contributed by atoms with E-state index in [1.165, 1.54) is 19.3 Å². The lowest BCUT2D eigenvalue weighted by molar-refractivity contribution is 0.104. The average molecular weight is 253 g/mol. The second-order valence-electron chi connectivity index (χ2n) is 6.34. The van der Waals surface area contributed by atoms with Crippen LogP contribution in [0.3, 0.4) is 0 Å². The number of aliphatic hydroxyl groups is 1. The van der Waals surface area contributed by atoms with Crippen molar-refractivity contribution in [3.63, 3.8) is 0 Å². The van der Waals surface area contributed by atoms with E-state index in [-0.39, 0.29) is 6.10 Å². The first-order valence-electron chi connectivity index (χ1n) is 7.26. The highest BCUT2D eigenvalue weighted by Gasteiger charge is 2.47. The maximum atomic E-state index is 10.6. The molecule has 2 aromatic rings. The Balaban J connectivity index is 1.65. The number of nitrogens with zero attached hydrogens (tertiary/aromatic N) is 1. The average Bonchev–Trinajstić information content (AvgIpc) is 3.04. The summed E-state index contributed by atoms with van der Waals surface area (Å²) in [6.45, 7) is 2.01. The molecule has 0 radical (unpaired) electrons. The normalized spacial score (nSPS) is 30.3. The molecule has 1 aromatic carbocycles. The van der Waals surface area contributed by atoms with Crippen LogP contribution >= 0.6 is 0 Å². The molecule has 19 heavy (non-hydrogen) atoms. The van der Waals surface area contributed by atoms with Crippen molar-refractivity contribution in [1.82, 2.24) is 4.98 Å². The quantitative estimate of drug-likeness (QED) is 0.886. The lowest BCUT2D eigenvalue weighted by Crippen LogP contribution is -2.10. The third kappa shape index (κ3) is 1.95. The number of hydrogen-bond acceptors (Lipinski definition) is 2. The molecule has 2 fully saturated rings. The standard InChI is InChI=1S/C17H19NO/c1-10-2-3-11-6-12(4-5-16(11)18-10)17(19)15-8-13-7-14(13)9-15/h2-6,13-15,17,19H,7-9H2,1H3. The minimum atomic E-state index is -0.293. The molecule has 0 saturated heterocycles. The first kappa shape index (κ1) is 11.4. The molecular formula is C17H19NO. The van der Waals surface area contributed by atoms with E-state index in [0.717, 1.165) is 34.0 Å². The van der Waals surface area contributed by atoms with E-state index in [2.05, 4.69) is 17.1 Å². The van der Waals surface area contributed by atoms with Gasteiger partial charge < -0.3 is 5.11 Å². The number of aromatic nitrogens is 1. The van der Waals surface area contributed by atoms with E-state index in [1.807, 2.05) is 25.1 Å². The molecule has 2 heteroatoms. The lowest BCUT2D eigenvalue weighted by atomic mass is 9.91. The number of benzene rings is 1. The van der Waals surface area contributed by atoms with Gasteiger partial charge in [0.2, 0.25) is 0 Å². The van der Waals surface area contributed by atoms with Crippen LogP contribution in [0.4, 0.5) is 0 Å². The fourth-order valence-corrected chi connectivity index (χ4v) is 3.72. The number of hydrogen-bond donors (Lipinski definition) is 1. The van der Waals surface area contributed by atoms with Crippen LogP contribution in [0.1, 0.15) is 36.6 Å². The molecule has 98 valence electrons. The van der Waals surface area contributed by atoms with Gasteiger partial charge in [-0.2, -0.15) is 0 Å². The molecule has 0 spiro atoms. The SMILES string of the molecule is Cc1ccc2cc(C(O)C3CC4CC4C3)ccc2n1. The van der Waals surface area contributed by atoms with E-state index in [0.29, 0.717) is 5.92 Å². The van der Waals surface area contributed by atoms with Crippen LogP contribution in [-0.4, -0.2) is 10.1 Å². The summed E-state index contributed by atoms with van der Waals surface area (Å²) in [5.74, 6) is 2.31. The first-order chi connectivity index (χ1) is 9.20. The number of fused-ring (bicyclic) bond motifs is 2. The van der Waals surface area contributed by atoms with Gasteiger partial charge in [-0.15, -0.1) is 0 Å². The molecular weight excluding hydrogens is 234 g/mol. The topological polar surface area (TPSA) is 33.1 Å². The van der Waals surface area contributed by atoms with Gasteiger partial charge in [0.15, 0.2) is 0 Å². The van der Waals surface area contributed by atoms with Crippen molar-refractivity contribution in [1.29, 1.82) is 0 Å². The zero-order valence-corrected chi connectivity index (χ0v) is 11.2. The predicted octanol–water partition coefficient (Wildman–Crippen LogP) is 3.62. The van der Waals surface area contributed by atoms with Crippen LogP contribution in [0.25, 0.3) is 10.9 Å². The van der Waals surface area contributed by atoms with Crippen LogP contribution in [0.5, 0.6) is 0 Å². The molecule has 0 bridgehead atoms. The van der Waals surface area contributed by atoms with Crippen molar-refractivity contribution in [3.8, 4) is 0 Å².